The Bertz CT molecular complexity index is 683. The molecule has 0 atom stereocenters. The van der Waals surface area contributed by atoms with Crippen molar-refractivity contribution in [1.82, 2.24) is 9.36 Å². The van der Waals surface area contributed by atoms with E-state index in [-0.39, 0.29) is 11.5 Å². The number of rotatable bonds is 5. The zero-order chi connectivity index (χ0) is 15.6. The van der Waals surface area contributed by atoms with E-state index in [1.807, 2.05) is 42.8 Å². The highest BCUT2D eigenvalue weighted by atomic mass is 16.5. The van der Waals surface area contributed by atoms with Crippen molar-refractivity contribution < 1.29 is 4.74 Å². The highest BCUT2D eigenvalue weighted by Gasteiger charge is 2.22. The Morgan fingerprint density at radius 3 is 2.52 bits per heavy atom. The molecule has 2 N–H and O–H groups in total. The molecule has 0 aliphatic rings. The van der Waals surface area contributed by atoms with Gasteiger partial charge in [0.25, 0.3) is 5.56 Å². The SMILES string of the molecule is CCCn1c(C(C)C)c(N)c(=O)n1-c1ccccc1OC. The smallest absolute Gasteiger partial charge is 0.294 e. The van der Waals surface area contributed by atoms with Gasteiger partial charge in [0.05, 0.1) is 12.8 Å². The third-order valence-corrected chi connectivity index (χ3v) is 3.51. The summed E-state index contributed by atoms with van der Waals surface area (Å²) in [7, 11) is 1.60. The molecule has 0 unspecified atom stereocenters. The minimum atomic E-state index is -0.184. The number of nitrogens with two attached hydrogens (primary N) is 1. The summed E-state index contributed by atoms with van der Waals surface area (Å²) in [5, 5.41) is 0. The van der Waals surface area contributed by atoms with E-state index in [2.05, 4.69) is 6.92 Å². The highest BCUT2D eigenvalue weighted by Crippen LogP contribution is 2.26. The number of hydrogen-bond donors (Lipinski definition) is 1. The van der Waals surface area contributed by atoms with Crippen molar-refractivity contribution in [2.75, 3.05) is 12.8 Å². The van der Waals surface area contributed by atoms with Gasteiger partial charge in [0.1, 0.15) is 17.1 Å². The molecule has 0 fully saturated rings. The third-order valence-electron chi connectivity index (χ3n) is 3.51. The molecule has 0 saturated carbocycles. The second kappa shape index (κ2) is 6.08. The van der Waals surface area contributed by atoms with Gasteiger partial charge in [-0.25, -0.2) is 4.68 Å². The van der Waals surface area contributed by atoms with Crippen LogP contribution >= 0.6 is 0 Å². The molecular formula is C16H23N3O2. The quantitative estimate of drug-likeness (QED) is 0.920. The number of nitrogens with zero attached hydrogens (tertiary/aromatic N) is 2. The normalized spacial score (nSPS) is 11.1. The molecule has 5 nitrogen and oxygen atoms in total. The molecule has 0 aliphatic carbocycles. The summed E-state index contributed by atoms with van der Waals surface area (Å²) >= 11 is 0. The predicted molar refractivity (Wildman–Crippen MR) is 85.4 cm³/mol. The first-order valence-electron chi connectivity index (χ1n) is 7.27. The minimum Gasteiger partial charge on any atom is -0.494 e. The van der Waals surface area contributed by atoms with Gasteiger partial charge in [0.15, 0.2) is 0 Å². The Kier molecular flexibility index (Phi) is 4.40. The predicted octanol–water partition coefficient (Wildman–Crippen LogP) is 2.76. The number of benzene rings is 1. The summed E-state index contributed by atoms with van der Waals surface area (Å²) in [4.78, 5) is 12.6. The lowest BCUT2D eigenvalue weighted by Crippen LogP contribution is -2.23. The molecule has 0 aliphatic heterocycles. The molecule has 0 bridgehead atoms. The van der Waals surface area contributed by atoms with Crippen LogP contribution in [0.4, 0.5) is 5.69 Å². The van der Waals surface area contributed by atoms with Crippen molar-refractivity contribution in [3.8, 4) is 11.4 Å². The lowest BCUT2D eigenvalue weighted by molar-refractivity contribution is 0.405. The van der Waals surface area contributed by atoms with Crippen LogP contribution in [0, 0.1) is 0 Å². The van der Waals surface area contributed by atoms with E-state index < -0.39 is 0 Å². The number of para-hydroxylation sites is 2. The molecule has 0 radical (unpaired) electrons. The summed E-state index contributed by atoms with van der Waals surface area (Å²) in [5.41, 5.74) is 7.81. The molecule has 1 aromatic heterocycles. The molecule has 0 amide bonds. The largest absolute Gasteiger partial charge is 0.494 e. The maximum atomic E-state index is 12.6. The standard InChI is InChI=1S/C16H23N3O2/c1-5-10-18-15(11(2)3)14(17)16(20)19(18)12-8-6-7-9-13(12)21-4/h6-9,11H,5,10,17H2,1-4H3. The van der Waals surface area contributed by atoms with Crippen molar-refractivity contribution in [2.45, 2.75) is 39.7 Å². The molecule has 5 heteroatoms. The first-order valence-corrected chi connectivity index (χ1v) is 7.27. The molecule has 21 heavy (non-hydrogen) atoms. The van der Waals surface area contributed by atoms with Gasteiger partial charge in [-0.3, -0.25) is 9.48 Å². The van der Waals surface area contributed by atoms with E-state index in [9.17, 15) is 4.79 Å². The number of nitrogen functional groups attached to an aromatic ring is 1. The Balaban J connectivity index is 2.79. The van der Waals surface area contributed by atoms with Gasteiger partial charge in [0, 0.05) is 6.54 Å². The van der Waals surface area contributed by atoms with Gasteiger partial charge < -0.3 is 10.5 Å². The second-order valence-electron chi connectivity index (χ2n) is 5.37. The van der Waals surface area contributed by atoms with Gasteiger partial charge in [-0.15, -0.1) is 0 Å². The number of ether oxygens (including phenoxy) is 1. The van der Waals surface area contributed by atoms with Crippen LogP contribution in [-0.4, -0.2) is 16.5 Å². The number of hydrogen-bond acceptors (Lipinski definition) is 3. The van der Waals surface area contributed by atoms with Crippen LogP contribution in [0.25, 0.3) is 5.69 Å². The molecular weight excluding hydrogens is 266 g/mol. The van der Waals surface area contributed by atoms with Crippen LogP contribution in [-0.2, 0) is 6.54 Å². The van der Waals surface area contributed by atoms with Crippen LogP contribution in [0.15, 0.2) is 29.1 Å². The molecule has 0 spiro atoms. The number of anilines is 1. The van der Waals surface area contributed by atoms with Gasteiger partial charge in [0.2, 0.25) is 0 Å². The van der Waals surface area contributed by atoms with Crippen molar-refractivity contribution in [3.05, 3.63) is 40.3 Å². The van der Waals surface area contributed by atoms with E-state index in [0.29, 0.717) is 11.4 Å². The van der Waals surface area contributed by atoms with E-state index >= 15 is 0 Å². The average molecular weight is 289 g/mol. The first kappa shape index (κ1) is 15.2. The highest BCUT2D eigenvalue weighted by molar-refractivity contribution is 5.51. The maximum Gasteiger partial charge on any atom is 0.294 e. The third kappa shape index (κ3) is 2.55. The molecule has 1 aromatic carbocycles. The molecule has 2 rings (SSSR count). The second-order valence-corrected chi connectivity index (χ2v) is 5.37. The fourth-order valence-electron chi connectivity index (χ4n) is 2.67. The Hall–Kier alpha value is -2.17. The Morgan fingerprint density at radius 1 is 1.29 bits per heavy atom. The summed E-state index contributed by atoms with van der Waals surface area (Å²) in [6.07, 6.45) is 0.919. The van der Waals surface area contributed by atoms with Crippen molar-refractivity contribution in [1.29, 1.82) is 0 Å². The summed E-state index contributed by atoms with van der Waals surface area (Å²) < 4.78 is 8.99. The van der Waals surface area contributed by atoms with E-state index in [1.54, 1.807) is 11.8 Å². The van der Waals surface area contributed by atoms with Gasteiger partial charge in [-0.05, 0) is 24.5 Å². The van der Waals surface area contributed by atoms with Gasteiger partial charge in [-0.1, -0.05) is 32.9 Å². The summed E-state index contributed by atoms with van der Waals surface area (Å²) in [5.74, 6) is 0.838. The molecule has 114 valence electrons. The Labute approximate surface area is 124 Å². The summed E-state index contributed by atoms with van der Waals surface area (Å²) in [6, 6.07) is 7.48. The van der Waals surface area contributed by atoms with E-state index in [4.69, 9.17) is 10.5 Å². The molecule has 2 aromatic rings. The zero-order valence-corrected chi connectivity index (χ0v) is 13.1. The van der Waals surface area contributed by atoms with Crippen LogP contribution in [0.1, 0.15) is 38.8 Å². The average Bonchev–Trinajstić information content (AvgIpc) is 2.71. The number of methoxy groups -OCH3 is 1. The monoisotopic (exact) mass is 289 g/mol. The lowest BCUT2D eigenvalue weighted by Gasteiger charge is -2.17. The number of aromatic nitrogens is 2. The lowest BCUT2D eigenvalue weighted by atomic mass is 10.1. The molecule has 0 saturated heterocycles. The van der Waals surface area contributed by atoms with E-state index in [1.165, 1.54) is 0 Å². The van der Waals surface area contributed by atoms with Crippen LogP contribution in [0.2, 0.25) is 0 Å². The van der Waals surface area contributed by atoms with E-state index in [0.717, 1.165) is 24.3 Å². The van der Waals surface area contributed by atoms with Gasteiger partial charge >= 0.3 is 0 Å². The fourth-order valence-corrected chi connectivity index (χ4v) is 2.67. The van der Waals surface area contributed by atoms with Crippen molar-refractivity contribution >= 4 is 5.69 Å². The van der Waals surface area contributed by atoms with Crippen LogP contribution < -0.4 is 16.0 Å². The van der Waals surface area contributed by atoms with Crippen LogP contribution in [0.3, 0.4) is 0 Å². The summed E-state index contributed by atoms with van der Waals surface area (Å²) in [6.45, 7) is 6.91. The topological polar surface area (TPSA) is 62.2 Å². The fraction of sp³-hybridized carbons (Fsp3) is 0.438. The van der Waals surface area contributed by atoms with Crippen LogP contribution in [0.5, 0.6) is 5.75 Å². The van der Waals surface area contributed by atoms with Crippen molar-refractivity contribution in [3.63, 3.8) is 0 Å². The van der Waals surface area contributed by atoms with Gasteiger partial charge in [-0.2, -0.15) is 0 Å². The first-order chi connectivity index (χ1) is 10.0. The zero-order valence-electron chi connectivity index (χ0n) is 13.1. The minimum absolute atomic E-state index is 0.181. The Morgan fingerprint density at radius 2 is 1.95 bits per heavy atom. The molecule has 1 heterocycles. The van der Waals surface area contributed by atoms with Crippen molar-refractivity contribution in [2.24, 2.45) is 0 Å². The maximum absolute atomic E-state index is 12.6.